The van der Waals surface area contributed by atoms with Crippen LogP contribution in [0.5, 0.6) is 0 Å². The minimum atomic E-state index is 0.953. The van der Waals surface area contributed by atoms with Gasteiger partial charge >= 0.3 is 0 Å². The lowest BCUT2D eigenvalue weighted by atomic mass is 9.98. The largest absolute Gasteiger partial charge is 0.0654 e. The first kappa shape index (κ1) is 12.0. The molecule has 0 nitrogen and oxygen atoms in total. The fourth-order valence-electron chi connectivity index (χ4n) is 1.66. The predicted octanol–water partition coefficient (Wildman–Crippen LogP) is 4.60. The quantitative estimate of drug-likeness (QED) is 0.466. The summed E-state index contributed by atoms with van der Waals surface area (Å²) in [5, 5.41) is 0. The Morgan fingerprint density at radius 1 is 1.00 bits per heavy atom. The van der Waals surface area contributed by atoms with Gasteiger partial charge in [-0.05, 0) is 5.92 Å². The second kappa shape index (κ2) is 9.09. The average Bonchev–Trinajstić information content (AvgIpc) is 2.05. The third kappa shape index (κ3) is 8.10. The summed E-state index contributed by atoms with van der Waals surface area (Å²) in [6.45, 7) is 8.50. The summed E-state index contributed by atoms with van der Waals surface area (Å²) in [5.74, 6) is 0.953. The molecular formula is C12H25. The molecule has 0 heterocycles. The summed E-state index contributed by atoms with van der Waals surface area (Å²) in [6, 6.07) is 0. The summed E-state index contributed by atoms with van der Waals surface area (Å²) in [4.78, 5) is 0. The van der Waals surface area contributed by atoms with Gasteiger partial charge in [0.05, 0.1) is 0 Å². The molecule has 73 valence electrons. The van der Waals surface area contributed by atoms with Gasteiger partial charge in [0.25, 0.3) is 0 Å². The zero-order valence-electron chi connectivity index (χ0n) is 8.94. The van der Waals surface area contributed by atoms with E-state index in [0.717, 1.165) is 12.3 Å². The Morgan fingerprint density at radius 3 is 2.25 bits per heavy atom. The molecule has 1 unspecified atom stereocenters. The summed E-state index contributed by atoms with van der Waals surface area (Å²) in [6.07, 6.45) is 10.9. The fraction of sp³-hybridized carbons (Fsp3) is 0.917. The molecule has 0 aliphatic heterocycles. The van der Waals surface area contributed by atoms with Crippen molar-refractivity contribution < 1.29 is 0 Å². The Kier molecular flexibility index (Phi) is 9.09. The second-order valence-corrected chi connectivity index (χ2v) is 3.95. The molecule has 0 rings (SSSR count). The van der Waals surface area contributed by atoms with E-state index in [1.807, 2.05) is 0 Å². The van der Waals surface area contributed by atoms with Crippen LogP contribution in [0.2, 0.25) is 0 Å². The van der Waals surface area contributed by atoms with Crippen molar-refractivity contribution in [2.24, 2.45) is 5.92 Å². The van der Waals surface area contributed by atoms with E-state index < -0.39 is 0 Å². The number of unbranched alkanes of at least 4 members (excludes halogenated alkanes) is 4. The first-order valence-electron chi connectivity index (χ1n) is 5.60. The summed E-state index contributed by atoms with van der Waals surface area (Å²) in [5.41, 5.74) is 0. The van der Waals surface area contributed by atoms with Crippen LogP contribution in [0.3, 0.4) is 0 Å². The number of rotatable bonds is 8. The normalized spacial score (nSPS) is 13.2. The highest BCUT2D eigenvalue weighted by molar-refractivity contribution is 4.53. The van der Waals surface area contributed by atoms with Crippen LogP contribution in [0.15, 0.2) is 0 Å². The van der Waals surface area contributed by atoms with E-state index >= 15 is 0 Å². The van der Waals surface area contributed by atoms with E-state index in [9.17, 15) is 0 Å². The van der Waals surface area contributed by atoms with Crippen molar-refractivity contribution in [1.82, 2.24) is 0 Å². The minimum Gasteiger partial charge on any atom is -0.0654 e. The third-order valence-electron chi connectivity index (χ3n) is 2.48. The topological polar surface area (TPSA) is 0 Å². The summed E-state index contributed by atoms with van der Waals surface area (Å²) < 4.78 is 0. The molecular weight excluding hydrogens is 144 g/mol. The molecule has 1 radical (unpaired) electrons. The Hall–Kier alpha value is 0. The van der Waals surface area contributed by atoms with Crippen LogP contribution in [0, 0.1) is 12.8 Å². The van der Waals surface area contributed by atoms with Crippen molar-refractivity contribution in [2.45, 2.75) is 65.2 Å². The van der Waals surface area contributed by atoms with Crippen LogP contribution < -0.4 is 0 Å². The van der Waals surface area contributed by atoms with Gasteiger partial charge < -0.3 is 0 Å². The van der Waals surface area contributed by atoms with Crippen molar-refractivity contribution >= 4 is 0 Å². The second-order valence-electron chi connectivity index (χ2n) is 3.95. The maximum atomic E-state index is 3.85. The highest BCUT2D eigenvalue weighted by Gasteiger charge is 1.99. The highest BCUT2D eigenvalue weighted by atomic mass is 14.0. The molecule has 0 bridgehead atoms. The zero-order valence-corrected chi connectivity index (χ0v) is 8.94. The van der Waals surface area contributed by atoms with Crippen LogP contribution in [0.25, 0.3) is 0 Å². The number of hydrogen-bond donors (Lipinski definition) is 0. The van der Waals surface area contributed by atoms with E-state index in [0.29, 0.717) is 0 Å². The Balaban J connectivity index is 2.97. The molecule has 0 N–H and O–H groups in total. The SMILES string of the molecule is [CH2]CCCCCCC(C)CCC. The van der Waals surface area contributed by atoms with Gasteiger partial charge in [0.1, 0.15) is 0 Å². The predicted molar refractivity (Wildman–Crippen MR) is 57.1 cm³/mol. The van der Waals surface area contributed by atoms with Gasteiger partial charge in [-0.25, -0.2) is 0 Å². The van der Waals surface area contributed by atoms with Gasteiger partial charge in [-0.15, -0.1) is 0 Å². The zero-order chi connectivity index (χ0) is 9.23. The lowest BCUT2D eigenvalue weighted by Gasteiger charge is -2.08. The van der Waals surface area contributed by atoms with E-state index in [4.69, 9.17) is 0 Å². The molecule has 0 heteroatoms. The van der Waals surface area contributed by atoms with Gasteiger partial charge in [0.15, 0.2) is 0 Å². The first-order chi connectivity index (χ1) is 5.81. The lowest BCUT2D eigenvalue weighted by molar-refractivity contribution is 0.454. The van der Waals surface area contributed by atoms with Crippen molar-refractivity contribution in [3.05, 3.63) is 6.92 Å². The van der Waals surface area contributed by atoms with Crippen molar-refractivity contribution in [3.63, 3.8) is 0 Å². The Bertz CT molecular complexity index is 76.1. The molecule has 0 aliphatic carbocycles. The van der Waals surface area contributed by atoms with Crippen LogP contribution in [-0.4, -0.2) is 0 Å². The summed E-state index contributed by atoms with van der Waals surface area (Å²) >= 11 is 0. The van der Waals surface area contributed by atoms with Crippen LogP contribution in [-0.2, 0) is 0 Å². The van der Waals surface area contributed by atoms with E-state index in [2.05, 4.69) is 20.8 Å². The Labute approximate surface area is 78.8 Å². The van der Waals surface area contributed by atoms with E-state index in [1.54, 1.807) is 0 Å². The molecule has 0 amide bonds. The van der Waals surface area contributed by atoms with Gasteiger partial charge in [0.2, 0.25) is 0 Å². The van der Waals surface area contributed by atoms with Crippen LogP contribution in [0.1, 0.15) is 65.2 Å². The van der Waals surface area contributed by atoms with E-state index in [1.165, 1.54) is 44.9 Å². The van der Waals surface area contributed by atoms with Crippen molar-refractivity contribution in [3.8, 4) is 0 Å². The standard InChI is InChI=1S/C12H25/c1-4-6-7-8-9-11-12(3)10-5-2/h12H,1,4-11H2,2-3H3. The van der Waals surface area contributed by atoms with Crippen LogP contribution in [0.4, 0.5) is 0 Å². The maximum absolute atomic E-state index is 3.85. The Morgan fingerprint density at radius 2 is 1.67 bits per heavy atom. The lowest BCUT2D eigenvalue weighted by Crippen LogP contribution is -1.93. The molecule has 0 saturated heterocycles. The maximum Gasteiger partial charge on any atom is -0.0443 e. The van der Waals surface area contributed by atoms with Gasteiger partial charge in [-0.2, -0.15) is 0 Å². The summed E-state index contributed by atoms with van der Waals surface area (Å²) in [7, 11) is 0. The fourth-order valence-corrected chi connectivity index (χ4v) is 1.66. The van der Waals surface area contributed by atoms with E-state index in [-0.39, 0.29) is 0 Å². The highest BCUT2D eigenvalue weighted by Crippen LogP contribution is 2.15. The molecule has 0 fully saturated rings. The molecule has 0 aromatic rings. The van der Waals surface area contributed by atoms with Crippen LogP contribution >= 0.6 is 0 Å². The molecule has 1 atom stereocenters. The van der Waals surface area contributed by atoms with Crippen molar-refractivity contribution in [1.29, 1.82) is 0 Å². The van der Waals surface area contributed by atoms with Gasteiger partial charge in [-0.1, -0.05) is 72.1 Å². The molecule has 0 aromatic heterocycles. The third-order valence-corrected chi connectivity index (χ3v) is 2.48. The minimum absolute atomic E-state index is 0.953. The average molecular weight is 169 g/mol. The van der Waals surface area contributed by atoms with Gasteiger partial charge in [-0.3, -0.25) is 0 Å². The van der Waals surface area contributed by atoms with Gasteiger partial charge in [0, 0.05) is 0 Å². The monoisotopic (exact) mass is 169 g/mol. The molecule has 0 aromatic carbocycles. The molecule has 0 saturated carbocycles. The smallest absolute Gasteiger partial charge is 0.0443 e. The molecule has 0 spiro atoms. The first-order valence-corrected chi connectivity index (χ1v) is 5.60. The van der Waals surface area contributed by atoms with Crippen molar-refractivity contribution in [2.75, 3.05) is 0 Å². The molecule has 0 aliphatic rings. The number of hydrogen-bond acceptors (Lipinski definition) is 0. The molecule has 12 heavy (non-hydrogen) atoms.